The van der Waals surface area contributed by atoms with Crippen LogP contribution in [0, 0.1) is 5.92 Å². The van der Waals surface area contributed by atoms with E-state index in [1.165, 1.54) is 35.7 Å². The fourth-order valence-electron chi connectivity index (χ4n) is 3.22. The Labute approximate surface area is 162 Å². The van der Waals surface area contributed by atoms with E-state index < -0.39 is 0 Å². The van der Waals surface area contributed by atoms with Crippen LogP contribution in [0.25, 0.3) is 11.4 Å². The highest BCUT2D eigenvalue weighted by atomic mass is 35.5. The molecule has 140 valence electrons. The molecule has 8 heteroatoms. The number of nitrogens with one attached hydrogen (secondary N) is 1. The van der Waals surface area contributed by atoms with E-state index in [1.807, 2.05) is 19.1 Å². The monoisotopic (exact) mass is 393 g/mol. The van der Waals surface area contributed by atoms with Gasteiger partial charge in [0.2, 0.25) is 11.1 Å². The molecule has 2 aromatic rings. The number of hydrogen-bond acceptors (Lipinski definition) is 5. The van der Waals surface area contributed by atoms with E-state index in [0.29, 0.717) is 21.9 Å². The molecule has 0 spiro atoms. The Morgan fingerprint density at radius 2 is 2.15 bits per heavy atom. The number of thioether (sulfide) groups is 1. The molecule has 0 radical (unpaired) electrons. The fraction of sp³-hybridized carbons (Fsp3) is 0.500. The molecule has 3 N–H and O–H groups in total. The highest BCUT2D eigenvalue weighted by Gasteiger charge is 2.26. The molecule has 1 heterocycles. The first-order chi connectivity index (χ1) is 12.5. The molecule has 0 saturated heterocycles. The Bertz CT molecular complexity index is 781. The van der Waals surface area contributed by atoms with Crippen molar-refractivity contribution in [2.75, 3.05) is 5.84 Å². The molecule has 3 atom stereocenters. The smallest absolute Gasteiger partial charge is 0.233 e. The number of hydrogen-bond donors (Lipinski definition) is 2. The van der Waals surface area contributed by atoms with Crippen molar-refractivity contribution in [1.82, 2.24) is 20.2 Å². The zero-order chi connectivity index (χ0) is 18.7. The van der Waals surface area contributed by atoms with Crippen LogP contribution in [-0.2, 0) is 4.79 Å². The van der Waals surface area contributed by atoms with E-state index in [4.69, 9.17) is 17.4 Å². The first-order valence-electron chi connectivity index (χ1n) is 8.89. The standard InChI is InChI=1S/C18H24ClN5OS/c1-11-6-3-4-9-15(11)21-17(25)12(2)26-18-23-22-16(24(18)20)13-7-5-8-14(19)10-13/h5,7-8,10-12,15H,3-4,6,9,20H2,1-2H3,(H,21,25)/t11-,12-,15-/m1/s1. The second-order valence-electron chi connectivity index (χ2n) is 6.82. The van der Waals surface area contributed by atoms with Crippen LogP contribution in [0.3, 0.4) is 0 Å². The molecule has 26 heavy (non-hydrogen) atoms. The summed E-state index contributed by atoms with van der Waals surface area (Å²) in [5, 5.41) is 12.3. The van der Waals surface area contributed by atoms with Crippen molar-refractivity contribution in [2.24, 2.45) is 5.92 Å². The van der Waals surface area contributed by atoms with Crippen LogP contribution in [0.2, 0.25) is 5.02 Å². The van der Waals surface area contributed by atoms with Gasteiger partial charge in [0.1, 0.15) is 0 Å². The van der Waals surface area contributed by atoms with Gasteiger partial charge < -0.3 is 11.2 Å². The Hall–Kier alpha value is -1.73. The highest BCUT2D eigenvalue weighted by Crippen LogP contribution is 2.27. The Morgan fingerprint density at radius 3 is 2.88 bits per heavy atom. The number of nitrogens with two attached hydrogens (primary N) is 1. The number of aromatic nitrogens is 3. The van der Waals surface area contributed by atoms with Crippen molar-refractivity contribution in [1.29, 1.82) is 0 Å². The van der Waals surface area contributed by atoms with Gasteiger partial charge in [-0.2, -0.15) is 0 Å². The predicted octanol–water partition coefficient (Wildman–Crippen LogP) is 3.49. The summed E-state index contributed by atoms with van der Waals surface area (Å²) in [6.07, 6.45) is 4.65. The molecule has 0 aliphatic heterocycles. The van der Waals surface area contributed by atoms with Gasteiger partial charge in [-0.15, -0.1) is 10.2 Å². The molecule has 1 aliphatic rings. The molecule has 3 rings (SSSR count). The summed E-state index contributed by atoms with van der Waals surface area (Å²) in [4.78, 5) is 12.5. The van der Waals surface area contributed by atoms with Gasteiger partial charge in [-0.05, 0) is 37.8 Å². The number of carbonyl (C=O) groups excluding carboxylic acids is 1. The van der Waals surface area contributed by atoms with Crippen LogP contribution in [0.1, 0.15) is 39.5 Å². The summed E-state index contributed by atoms with van der Waals surface area (Å²) in [7, 11) is 0. The molecule has 1 aliphatic carbocycles. The van der Waals surface area contributed by atoms with E-state index in [-0.39, 0.29) is 17.2 Å². The lowest BCUT2D eigenvalue weighted by Crippen LogP contribution is -2.44. The molecular weight excluding hydrogens is 370 g/mol. The van der Waals surface area contributed by atoms with Gasteiger partial charge in [0.15, 0.2) is 5.82 Å². The third kappa shape index (κ3) is 4.32. The number of halogens is 1. The Kier molecular flexibility index (Phi) is 6.09. The van der Waals surface area contributed by atoms with Gasteiger partial charge in [-0.25, -0.2) is 4.68 Å². The molecular formula is C18H24ClN5OS. The average Bonchev–Trinajstić information content (AvgIpc) is 2.97. The summed E-state index contributed by atoms with van der Waals surface area (Å²) >= 11 is 7.33. The average molecular weight is 394 g/mol. The minimum absolute atomic E-state index is 0.0149. The topological polar surface area (TPSA) is 85.8 Å². The zero-order valence-electron chi connectivity index (χ0n) is 15.0. The van der Waals surface area contributed by atoms with Crippen molar-refractivity contribution in [3.8, 4) is 11.4 Å². The van der Waals surface area contributed by atoms with Gasteiger partial charge >= 0.3 is 0 Å². The van der Waals surface area contributed by atoms with Gasteiger partial charge in [0.05, 0.1) is 5.25 Å². The SMILES string of the molecule is C[C@@H]1CCCC[C@H]1NC(=O)[C@@H](C)Sc1nnc(-c2cccc(Cl)c2)n1N. The molecule has 6 nitrogen and oxygen atoms in total. The number of carbonyl (C=O) groups is 1. The lowest BCUT2D eigenvalue weighted by atomic mass is 9.86. The fourth-order valence-corrected chi connectivity index (χ4v) is 4.19. The quantitative estimate of drug-likeness (QED) is 0.599. The maximum atomic E-state index is 12.5. The van der Waals surface area contributed by atoms with Crippen LogP contribution < -0.4 is 11.2 Å². The second kappa shape index (κ2) is 8.31. The minimum Gasteiger partial charge on any atom is -0.352 e. The molecule has 1 fully saturated rings. The van der Waals surface area contributed by atoms with Crippen LogP contribution in [0.5, 0.6) is 0 Å². The normalized spacial score (nSPS) is 21.3. The van der Waals surface area contributed by atoms with Crippen molar-refractivity contribution in [2.45, 2.75) is 56.0 Å². The third-order valence-corrected chi connectivity index (χ3v) is 6.13. The number of amides is 1. The maximum absolute atomic E-state index is 12.5. The first-order valence-corrected chi connectivity index (χ1v) is 10.1. The Morgan fingerprint density at radius 1 is 1.38 bits per heavy atom. The van der Waals surface area contributed by atoms with Crippen molar-refractivity contribution in [3.63, 3.8) is 0 Å². The highest BCUT2D eigenvalue weighted by molar-refractivity contribution is 8.00. The molecule has 1 aromatic heterocycles. The van der Waals surface area contributed by atoms with E-state index >= 15 is 0 Å². The lowest BCUT2D eigenvalue weighted by molar-refractivity contribution is -0.121. The first kappa shape index (κ1) is 19.0. The van der Waals surface area contributed by atoms with Gasteiger partial charge in [0.25, 0.3) is 0 Å². The number of benzene rings is 1. The lowest BCUT2D eigenvalue weighted by Gasteiger charge is -2.30. The van der Waals surface area contributed by atoms with Crippen LogP contribution in [0.4, 0.5) is 0 Å². The van der Waals surface area contributed by atoms with E-state index in [2.05, 4.69) is 22.4 Å². The Balaban J connectivity index is 1.66. The second-order valence-corrected chi connectivity index (χ2v) is 8.57. The summed E-state index contributed by atoms with van der Waals surface area (Å²) in [5.74, 6) is 7.19. The largest absolute Gasteiger partial charge is 0.352 e. The molecule has 1 amide bonds. The van der Waals surface area contributed by atoms with E-state index in [9.17, 15) is 4.79 Å². The zero-order valence-corrected chi connectivity index (χ0v) is 16.6. The summed E-state index contributed by atoms with van der Waals surface area (Å²) < 4.78 is 1.41. The summed E-state index contributed by atoms with van der Waals surface area (Å²) in [6.45, 7) is 4.07. The van der Waals surface area contributed by atoms with Gasteiger partial charge in [0, 0.05) is 16.6 Å². The van der Waals surface area contributed by atoms with E-state index in [1.54, 1.807) is 12.1 Å². The maximum Gasteiger partial charge on any atom is 0.233 e. The third-order valence-electron chi connectivity index (χ3n) is 4.84. The van der Waals surface area contributed by atoms with Crippen LogP contribution in [0.15, 0.2) is 29.4 Å². The molecule has 1 aromatic carbocycles. The summed E-state index contributed by atoms with van der Waals surface area (Å²) in [5.41, 5.74) is 0.785. The minimum atomic E-state index is -0.303. The molecule has 1 saturated carbocycles. The molecule has 0 bridgehead atoms. The van der Waals surface area contributed by atoms with Crippen LogP contribution >= 0.6 is 23.4 Å². The number of nitrogen functional groups attached to an aromatic ring is 1. The number of nitrogens with zero attached hydrogens (tertiary/aromatic N) is 3. The molecule has 0 unspecified atom stereocenters. The van der Waals surface area contributed by atoms with E-state index in [0.717, 1.165) is 12.0 Å². The summed E-state index contributed by atoms with van der Waals surface area (Å²) in [6, 6.07) is 7.53. The van der Waals surface area contributed by atoms with Crippen molar-refractivity contribution >= 4 is 29.3 Å². The van der Waals surface area contributed by atoms with Crippen LogP contribution in [-0.4, -0.2) is 32.1 Å². The predicted molar refractivity (Wildman–Crippen MR) is 106 cm³/mol. The van der Waals surface area contributed by atoms with Crippen molar-refractivity contribution in [3.05, 3.63) is 29.3 Å². The van der Waals surface area contributed by atoms with Crippen molar-refractivity contribution < 1.29 is 4.79 Å². The van der Waals surface area contributed by atoms with Gasteiger partial charge in [-0.1, -0.05) is 55.3 Å². The van der Waals surface area contributed by atoms with Gasteiger partial charge in [-0.3, -0.25) is 4.79 Å². The number of rotatable bonds is 5.